The van der Waals surface area contributed by atoms with Gasteiger partial charge in [-0.2, -0.15) is 0 Å². The third-order valence-electron chi connectivity index (χ3n) is 2.74. The topological polar surface area (TPSA) is 30.5 Å². The normalized spacial score (nSPS) is 10.6. The highest BCUT2D eigenvalue weighted by atomic mass is 16.5. The molecule has 1 rings (SSSR count). The first-order valence-electron chi connectivity index (χ1n) is 7.37. The van der Waals surface area contributed by atoms with Crippen molar-refractivity contribution in [1.29, 1.82) is 0 Å². The maximum absolute atomic E-state index is 5.73. The standard InChI is InChI=1S/C17H27NO2/c1-5-9-19-16-8-7-15(13-18-12-14(3)4)17(11-16)20-10-6-2/h6-8,11,14,18H,2,5,9-10,12-13H2,1,3-4H3. The highest BCUT2D eigenvalue weighted by molar-refractivity contribution is 5.40. The van der Waals surface area contributed by atoms with Crippen molar-refractivity contribution in [2.24, 2.45) is 5.92 Å². The van der Waals surface area contributed by atoms with Crippen LogP contribution in [-0.4, -0.2) is 19.8 Å². The van der Waals surface area contributed by atoms with Gasteiger partial charge in [0.2, 0.25) is 0 Å². The van der Waals surface area contributed by atoms with E-state index < -0.39 is 0 Å². The Bertz CT molecular complexity index is 402. The summed E-state index contributed by atoms with van der Waals surface area (Å²) < 4.78 is 11.4. The number of ether oxygens (including phenoxy) is 2. The van der Waals surface area contributed by atoms with E-state index in [9.17, 15) is 0 Å². The summed E-state index contributed by atoms with van der Waals surface area (Å²) >= 11 is 0. The molecule has 20 heavy (non-hydrogen) atoms. The van der Waals surface area contributed by atoms with Gasteiger partial charge in [0.05, 0.1) is 6.61 Å². The highest BCUT2D eigenvalue weighted by Crippen LogP contribution is 2.25. The molecule has 1 N–H and O–H groups in total. The minimum atomic E-state index is 0.508. The molecule has 0 spiro atoms. The molecule has 0 bridgehead atoms. The molecule has 0 saturated heterocycles. The van der Waals surface area contributed by atoms with E-state index in [0.29, 0.717) is 12.5 Å². The van der Waals surface area contributed by atoms with E-state index in [2.05, 4.69) is 38.7 Å². The number of nitrogens with one attached hydrogen (secondary N) is 1. The molecule has 0 aliphatic heterocycles. The molecule has 3 heteroatoms. The first-order valence-corrected chi connectivity index (χ1v) is 7.37. The maximum atomic E-state index is 5.73. The van der Waals surface area contributed by atoms with Crippen molar-refractivity contribution < 1.29 is 9.47 Å². The molecule has 0 saturated carbocycles. The van der Waals surface area contributed by atoms with E-state index in [1.54, 1.807) is 6.08 Å². The van der Waals surface area contributed by atoms with Gasteiger partial charge in [-0.15, -0.1) is 0 Å². The van der Waals surface area contributed by atoms with Gasteiger partial charge in [0.25, 0.3) is 0 Å². The van der Waals surface area contributed by atoms with Crippen LogP contribution in [0.15, 0.2) is 30.9 Å². The second-order valence-electron chi connectivity index (χ2n) is 5.24. The summed E-state index contributed by atoms with van der Waals surface area (Å²) in [6, 6.07) is 6.03. The Kier molecular flexibility index (Phi) is 7.81. The molecule has 0 amide bonds. The van der Waals surface area contributed by atoms with E-state index in [1.807, 2.05) is 12.1 Å². The lowest BCUT2D eigenvalue weighted by Gasteiger charge is -2.14. The van der Waals surface area contributed by atoms with Crippen LogP contribution >= 0.6 is 0 Å². The van der Waals surface area contributed by atoms with Crippen molar-refractivity contribution in [3.8, 4) is 11.5 Å². The molecule has 0 aromatic heterocycles. The van der Waals surface area contributed by atoms with E-state index >= 15 is 0 Å². The predicted molar refractivity (Wildman–Crippen MR) is 84.5 cm³/mol. The quantitative estimate of drug-likeness (QED) is 0.660. The number of rotatable bonds is 10. The molecule has 0 heterocycles. The zero-order chi connectivity index (χ0) is 14.8. The fourth-order valence-electron chi connectivity index (χ4n) is 1.77. The van der Waals surface area contributed by atoms with Crippen LogP contribution in [0, 0.1) is 5.92 Å². The highest BCUT2D eigenvalue weighted by Gasteiger charge is 2.06. The van der Waals surface area contributed by atoms with Crippen LogP contribution in [0.2, 0.25) is 0 Å². The van der Waals surface area contributed by atoms with Crippen molar-refractivity contribution >= 4 is 0 Å². The largest absolute Gasteiger partial charge is 0.493 e. The second kappa shape index (κ2) is 9.43. The lowest BCUT2D eigenvalue weighted by Crippen LogP contribution is -2.19. The Morgan fingerprint density at radius 3 is 2.75 bits per heavy atom. The van der Waals surface area contributed by atoms with Gasteiger partial charge in [-0.1, -0.05) is 39.5 Å². The third-order valence-corrected chi connectivity index (χ3v) is 2.74. The Morgan fingerprint density at radius 2 is 2.10 bits per heavy atom. The van der Waals surface area contributed by atoms with Gasteiger partial charge in [0.1, 0.15) is 18.1 Å². The van der Waals surface area contributed by atoms with Crippen LogP contribution in [0.3, 0.4) is 0 Å². The molecular formula is C17H27NO2. The lowest BCUT2D eigenvalue weighted by atomic mass is 10.1. The molecular weight excluding hydrogens is 250 g/mol. The Morgan fingerprint density at radius 1 is 1.30 bits per heavy atom. The van der Waals surface area contributed by atoms with Gasteiger partial charge >= 0.3 is 0 Å². The summed E-state index contributed by atoms with van der Waals surface area (Å²) in [5.41, 5.74) is 1.15. The molecule has 0 aliphatic rings. The van der Waals surface area contributed by atoms with E-state index in [0.717, 1.165) is 43.2 Å². The average molecular weight is 277 g/mol. The summed E-state index contributed by atoms with van der Waals surface area (Å²) in [4.78, 5) is 0. The van der Waals surface area contributed by atoms with Gasteiger partial charge in [-0.05, 0) is 24.9 Å². The predicted octanol–water partition coefficient (Wildman–Crippen LogP) is 3.79. The molecule has 0 unspecified atom stereocenters. The molecule has 1 aromatic carbocycles. The maximum Gasteiger partial charge on any atom is 0.127 e. The van der Waals surface area contributed by atoms with E-state index in [4.69, 9.17) is 9.47 Å². The van der Waals surface area contributed by atoms with Crippen LogP contribution in [-0.2, 0) is 6.54 Å². The summed E-state index contributed by atoms with van der Waals surface area (Å²) in [7, 11) is 0. The second-order valence-corrected chi connectivity index (χ2v) is 5.24. The monoisotopic (exact) mass is 277 g/mol. The molecule has 112 valence electrons. The van der Waals surface area contributed by atoms with Crippen molar-refractivity contribution in [2.75, 3.05) is 19.8 Å². The van der Waals surface area contributed by atoms with Crippen LogP contribution in [0.4, 0.5) is 0 Å². The summed E-state index contributed by atoms with van der Waals surface area (Å²) in [5, 5.41) is 3.43. The van der Waals surface area contributed by atoms with Gasteiger partial charge in [0, 0.05) is 18.2 Å². The van der Waals surface area contributed by atoms with E-state index in [1.165, 1.54) is 0 Å². The zero-order valence-electron chi connectivity index (χ0n) is 12.9. The van der Waals surface area contributed by atoms with Crippen LogP contribution in [0.1, 0.15) is 32.8 Å². The molecule has 3 nitrogen and oxygen atoms in total. The van der Waals surface area contributed by atoms with Crippen molar-refractivity contribution in [1.82, 2.24) is 5.32 Å². The van der Waals surface area contributed by atoms with Gasteiger partial charge in [-0.3, -0.25) is 0 Å². The first-order chi connectivity index (χ1) is 9.67. The fourth-order valence-corrected chi connectivity index (χ4v) is 1.77. The van der Waals surface area contributed by atoms with Crippen molar-refractivity contribution in [3.63, 3.8) is 0 Å². The molecule has 0 atom stereocenters. The molecule has 0 aliphatic carbocycles. The fraction of sp³-hybridized carbons (Fsp3) is 0.529. The summed E-state index contributed by atoms with van der Waals surface area (Å²) in [5.74, 6) is 2.37. The Hall–Kier alpha value is -1.48. The summed E-state index contributed by atoms with van der Waals surface area (Å²) in [6.07, 6.45) is 2.76. The SMILES string of the molecule is C=CCOc1cc(OCCC)ccc1CNCC(C)C. The minimum Gasteiger partial charge on any atom is -0.493 e. The van der Waals surface area contributed by atoms with Crippen LogP contribution in [0.25, 0.3) is 0 Å². The van der Waals surface area contributed by atoms with Gasteiger partial charge in [0.15, 0.2) is 0 Å². The van der Waals surface area contributed by atoms with Gasteiger partial charge < -0.3 is 14.8 Å². The third kappa shape index (κ3) is 6.11. The average Bonchev–Trinajstić information content (AvgIpc) is 2.44. The van der Waals surface area contributed by atoms with E-state index in [-0.39, 0.29) is 0 Å². The molecule has 0 radical (unpaired) electrons. The van der Waals surface area contributed by atoms with Gasteiger partial charge in [-0.25, -0.2) is 0 Å². The summed E-state index contributed by atoms with van der Waals surface area (Å²) in [6.45, 7) is 13.2. The molecule has 1 aromatic rings. The zero-order valence-corrected chi connectivity index (χ0v) is 12.9. The minimum absolute atomic E-state index is 0.508. The Balaban J connectivity index is 2.71. The lowest BCUT2D eigenvalue weighted by molar-refractivity contribution is 0.311. The number of hydrogen-bond donors (Lipinski definition) is 1. The number of benzene rings is 1. The first kappa shape index (κ1) is 16.6. The number of hydrogen-bond acceptors (Lipinski definition) is 3. The van der Waals surface area contributed by atoms with Crippen LogP contribution < -0.4 is 14.8 Å². The molecule has 0 fully saturated rings. The van der Waals surface area contributed by atoms with Crippen molar-refractivity contribution in [3.05, 3.63) is 36.4 Å². The van der Waals surface area contributed by atoms with Crippen molar-refractivity contribution in [2.45, 2.75) is 33.7 Å². The smallest absolute Gasteiger partial charge is 0.127 e. The Labute approximate surface area is 123 Å². The van der Waals surface area contributed by atoms with Crippen LogP contribution in [0.5, 0.6) is 11.5 Å².